The minimum atomic E-state index is -1.04. The lowest BCUT2D eigenvalue weighted by atomic mass is 10.1. The number of para-hydroxylation sites is 1. The van der Waals surface area contributed by atoms with Crippen LogP contribution in [0.4, 0.5) is 10.1 Å². The topological polar surface area (TPSA) is 318 Å². The molecule has 0 aliphatic heterocycles. The summed E-state index contributed by atoms with van der Waals surface area (Å²) in [6.45, 7) is 20.5. The number of aldehydes is 2. The third-order valence-electron chi connectivity index (χ3n) is 11.0. The van der Waals surface area contributed by atoms with Gasteiger partial charge in [-0.05, 0) is 194 Å². The second kappa shape index (κ2) is 48.2. The SMILES string of the molecule is BrB(Br)Br.COC(=O)c1ccc(N)cc1.COc1cc(C(=O)O)cc(C)c1O.COc1cc(C=O)cc(C)c1O.COc1cccc(C)c1.COc1cccc(C)c1O.Cc1cc(C(=O)O)cc(OC(C)C)c1OC(C)C.Cc1cc(C=O)cc(O)c1O.[2H]CC.[2H]CF. The fourth-order valence-electron chi connectivity index (χ4n) is 6.75. The van der Waals surface area contributed by atoms with Crippen LogP contribution in [0.25, 0.3) is 0 Å². The largest absolute Gasteiger partial charge is 0.504 e. The van der Waals surface area contributed by atoms with Gasteiger partial charge in [0.2, 0.25) is 0 Å². The van der Waals surface area contributed by atoms with E-state index in [2.05, 4.69) is 52.0 Å². The van der Waals surface area contributed by atoms with E-state index in [0.29, 0.717) is 75.3 Å². The van der Waals surface area contributed by atoms with Crippen LogP contribution in [-0.2, 0) is 4.74 Å². The van der Waals surface area contributed by atoms with E-state index in [-0.39, 0.29) is 67.0 Å². The number of carbonyl (C=O) groups is 5. The Bertz CT molecular complexity index is 3370. The van der Waals surface area contributed by atoms with Crippen molar-refractivity contribution < 1.29 is 100 Å². The van der Waals surface area contributed by atoms with E-state index in [1.807, 2.05) is 84.9 Å². The molecule has 0 spiro atoms. The molecular weight excluding hydrogens is 1390 g/mol. The predicted octanol–water partition coefficient (Wildman–Crippen LogP) is 16.0. The Morgan fingerprint density at radius 1 is 0.533 bits per heavy atom. The summed E-state index contributed by atoms with van der Waals surface area (Å²) in [5, 5.41) is 63.8. The number of phenolic OH excluding ortho intramolecular Hbond substituents is 5. The zero-order valence-electron chi connectivity index (χ0n) is 56.4. The highest BCUT2D eigenvalue weighted by atomic mass is 79.9. The van der Waals surface area contributed by atoms with E-state index in [9.17, 15) is 43.7 Å². The smallest absolute Gasteiger partial charge is 0.369 e. The molecule has 25 heteroatoms. The molecule has 7 rings (SSSR count). The lowest BCUT2D eigenvalue weighted by Crippen LogP contribution is -2.12. The third kappa shape index (κ3) is 34.5. The number of rotatable bonds is 13. The van der Waals surface area contributed by atoms with E-state index >= 15 is 0 Å². The number of anilines is 1. The van der Waals surface area contributed by atoms with Gasteiger partial charge in [-0.15, -0.1) is 47.3 Å². The van der Waals surface area contributed by atoms with Gasteiger partial charge >= 0.3 is 21.1 Å². The first-order valence-electron chi connectivity index (χ1n) is 28.6. The van der Waals surface area contributed by atoms with Gasteiger partial charge < -0.3 is 74.6 Å². The number of hydrogen-bond donors (Lipinski definition) is 8. The Morgan fingerprint density at radius 3 is 1.34 bits per heavy atom. The molecule has 0 aliphatic carbocycles. The summed E-state index contributed by atoms with van der Waals surface area (Å²) in [6.07, 6.45) is 1.30. The molecule has 0 fully saturated rings. The number of hydrogen-bond acceptors (Lipinski definition) is 18. The Kier molecular flexibility index (Phi) is 43.6. The van der Waals surface area contributed by atoms with Crippen LogP contribution in [0.1, 0.15) is 129 Å². The highest BCUT2D eigenvalue weighted by Gasteiger charge is 2.17. The normalized spacial score (nSPS) is 9.59. The number of esters is 1. The van der Waals surface area contributed by atoms with Gasteiger partial charge in [-0.2, -0.15) is 0 Å². The Labute approximate surface area is 566 Å². The number of aryl methyl sites for hydroxylation is 6. The lowest BCUT2D eigenvalue weighted by Gasteiger charge is -2.19. The number of aromatic carboxylic acids is 2. The predicted molar refractivity (Wildman–Crippen MR) is 371 cm³/mol. The molecule has 0 saturated carbocycles. The number of ether oxygens (including phenoxy) is 7. The Morgan fingerprint density at radius 2 is 0.946 bits per heavy atom. The number of carbonyl (C=O) groups excluding carboxylic acids is 3. The number of halogens is 4. The van der Waals surface area contributed by atoms with Crippen LogP contribution in [0.3, 0.4) is 0 Å². The van der Waals surface area contributed by atoms with Gasteiger partial charge in [0.05, 0.1) is 73.0 Å². The minimum absolute atomic E-state index is 0.00823. The van der Waals surface area contributed by atoms with Crippen molar-refractivity contribution >= 4 is 86.6 Å². The summed E-state index contributed by atoms with van der Waals surface area (Å²) in [6, 6.07) is 31.5. The molecular formula is C67H86BBr3FNO19. The molecule has 0 bridgehead atoms. The number of methoxy groups -OCH3 is 5. The fourth-order valence-corrected chi connectivity index (χ4v) is 6.75. The maximum absolute atomic E-state index is 11.0. The number of phenols is 5. The van der Waals surface area contributed by atoms with E-state index < -0.39 is 19.1 Å². The molecule has 92 heavy (non-hydrogen) atoms. The standard InChI is InChI=1S/C14H20O4.C9H10O4.C9H10O3.C8H9NO2.C8H8O3.C8H10O2.C8H10O.C2H6.CH3F.BBr3/c1-8(2)17-12-7-11(14(15)16)6-10(5)13(12)18-9(3)4;1-5-3-6(9(11)12)4-7(13-2)8(5)10;1-6-3-7(5-10)4-8(12-2)9(6)11;1-11-8(10)6-2-4-7(9)5-3-6;1-5-2-6(4-9)3-7(10)8(5)11;1-6-4-3-5-7(10-2)8(6)9;1-7-4-3-5-8(6-7)9-2;2*1-2;2-1(3)4/h6-9H,1-5H3,(H,15,16);3-4,10H,1-2H3,(H,11,12);3-5,11H,1-2H3;2-5H,9H2,1H3;2-4,10-11H,1H3;3-5,9H,1-2H3;3-6H,1-2H3;1-2H3;1H3;/i;;;;;;;2*1D;. The summed E-state index contributed by atoms with van der Waals surface area (Å²) in [7, 11) is 6.38. The van der Waals surface area contributed by atoms with Gasteiger partial charge in [0.1, 0.15) is 18.3 Å². The third-order valence-corrected chi connectivity index (χ3v) is 11.0. The molecule has 0 saturated heterocycles. The van der Waals surface area contributed by atoms with Crippen molar-refractivity contribution in [2.45, 2.75) is 95.3 Å². The molecule has 0 atom stereocenters. The van der Waals surface area contributed by atoms with Crippen LogP contribution in [0.5, 0.6) is 63.2 Å². The lowest BCUT2D eigenvalue weighted by molar-refractivity contribution is 0.0598. The number of benzene rings is 7. The minimum Gasteiger partial charge on any atom is -0.504 e. The molecule has 504 valence electrons. The van der Waals surface area contributed by atoms with Gasteiger partial charge in [0, 0.05) is 18.2 Å². The summed E-state index contributed by atoms with van der Waals surface area (Å²) in [5.74, 6) is 0.571. The molecule has 0 radical (unpaired) electrons. The van der Waals surface area contributed by atoms with Crippen molar-refractivity contribution in [3.63, 3.8) is 0 Å². The summed E-state index contributed by atoms with van der Waals surface area (Å²) >= 11 is 9.31. The molecule has 7 aromatic rings. The van der Waals surface area contributed by atoms with Crippen molar-refractivity contribution in [3.8, 4) is 63.2 Å². The molecule has 20 nitrogen and oxygen atoms in total. The van der Waals surface area contributed by atoms with Crippen LogP contribution >= 0.6 is 47.3 Å². The number of carboxylic acids is 2. The van der Waals surface area contributed by atoms with Gasteiger partial charge in [-0.3, -0.25) is 14.0 Å². The molecule has 0 heterocycles. The molecule has 9 N–H and O–H groups in total. The first-order valence-corrected chi connectivity index (χ1v) is 29.9. The number of carboxylic acid groups (broad SMARTS) is 2. The van der Waals surface area contributed by atoms with Crippen molar-refractivity contribution in [2.24, 2.45) is 0 Å². The monoisotopic (exact) mass is 1480 g/mol. The Hall–Kier alpha value is -8.68. The van der Waals surface area contributed by atoms with E-state index in [1.54, 1.807) is 77.3 Å². The van der Waals surface area contributed by atoms with Gasteiger partial charge in [-0.25, -0.2) is 14.4 Å². The first-order chi connectivity index (χ1) is 44.1. The summed E-state index contributed by atoms with van der Waals surface area (Å²) in [5.41, 5.74) is 12.2. The van der Waals surface area contributed by atoms with Crippen molar-refractivity contribution in [3.05, 3.63) is 176 Å². The second-order valence-corrected chi connectivity index (χ2v) is 25.2. The van der Waals surface area contributed by atoms with Crippen LogP contribution in [-0.4, -0.2) is 124 Å². The van der Waals surface area contributed by atoms with E-state index in [1.165, 1.54) is 70.4 Å². The molecule has 7 aromatic carbocycles. The first kappa shape index (κ1) is 83.3. The zero-order chi connectivity index (χ0) is 73.0. The average Bonchev–Trinajstić information content (AvgIpc) is 0.868. The maximum atomic E-state index is 11.0. The van der Waals surface area contributed by atoms with Crippen LogP contribution in [0, 0.1) is 41.5 Å². The average molecular weight is 1480 g/mol. The number of aromatic hydroxyl groups is 5. The van der Waals surface area contributed by atoms with E-state index in [4.69, 9.17) is 57.3 Å². The quantitative estimate of drug-likeness (QED) is 0.0175. The van der Waals surface area contributed by atoms with Crippen molar-refractivity contribution in [1.29, 1.82) is 0 Å². The molecule has 0 unspecified atom stereocenters. The van der Waals surface area contributed by atoms with Crippen LogP contribution < -0.4 is 34.2 Å². The van der Waals surface area contributed by atoms with Gasteiger partial charge in [-0.1, -0.05) is 38.1 Å². The van der Waals surface area contributed by atoms with Gasteiger partial charge in [0.15, 0.2) is 57.5 Å². The molecule has 0 amide bonds. The highest BCUT2D eigenvalue weighted by Crippen LogP contribution is 2.35. The maximum Gasteiger partial charge on any atom is 0.369 e. The van der Waals surface area contributed by atoms with Crippen molar-refractivity contribution in [1.82, 2.24) is 0 Å². The van der Waals surface area contributed by atoms with E-state index in [0.717, 1.165) is 23.2 Å². The summed E-state index contributed by atoms with van der Waals surface area (Å²) < 4.78 is 57.3. The number of nitrogen functional groups attached to an aromatic ring is 1. The fraction of sp³-hybridized carbons (Fsp3) is 0.299. The van der Waals surface area contributed by atoms with Crippen LogP contribution in [0.2, 0.25) is 0 Å². The summed E-state index contributed by atoms with van der Waals surface area (Å²) in [4.78, 5) is 53.1. The van der Waals surface area contributed by atoms with Crippen LogP contribution in [0.15, 0.2) is 115 Å². The molecule has 0 aliphatic rings. The van der Waals surface area contributed by atoms with Crippen molar-refractivity contribution in [2.75, 3.05) is 48.4 Å². The second-order valence-electron chi connectivity index (χ2n) is 18.7. The number of nitrogens with two attached hydrogens (primary N) is 1. The highest BCUT2D eigenvalue weighted by molar-refractivity contribution is 9.69. The van der Waals surface area contributed by atoms with Gasteiger partial charge in [0.25, 0.3) is 0 Å². The zero-order valence-corrected chi connectivity index (χ0v) is 59.1. The Balaban J connectivity index is -0.00000101. The number of alkyl halides is 1. The molecule has 0 aromatic heterocycles.